The van der Waals surface area contributed by atoms with Crippen LogP contribution >= 0.6 is 11.6 Å². The molecule has 0 spiro atoms. The molecular formula is C16H22ClN3O. The largest absolute Gasteiger partial charge is 0.396 e. The molecule has 0 unspecified atom stereocenters. The zero-order valence-electron chi connectivity index (χ0n) is 12.1. The predicted molar refractivity (Wildman–Crippen MR) is 88.7 cm³/mol. The third kappa shape index (κ3) is 4.56. The van der Waals surface area contributed by atoms with E-state index in [1.54, 1.807) is 6.20 Å². The Labute approximate surface area is 130 Å². The average Bonchev–Trinajstić information content (AvgIpc) is 2.50. The zero-order valence-corrected chi connectivity index (χ0v) is 12.8. The highest BCUT2D eigenvalue weighted by Gasteiger charge is 2.05. The normalized spacial score (nSPS) is 12.5. The molecule has 2 aromatic rings. The number of unbranched alkanes of at least 4 members (excludes halogenated alkanes) is 1. The van der Waals surface area contributed by atoms with Crippen LogP contribution in [0.5, 0.6) is 0 Å². The molecule has 0 aliphatic carbocycles. The summed E-state index contributed by atoms with van der Waals surface area (Å²) in [6.07, 6.45) is 4.87. The number of rotatable bonds is 8. The van der Waals surface area contributed by atoms with Crippen molar-refractivity contribution in [3.8, 4) is 0 Å². The van der Waals surface area contributed by atoms with E-state index >= 15 is 0 Å². The maximum absolute atomic E-state index is 9.09. The van der Waals surface area contributed by atoms with Crippen LogP contribution in [0.15, 0.2) is 30.5 Å². The summed E-state index contributed by atoms with van der Waals surface area (Å²) >= 11 is 5.98. The molecule has 2 rings (SSSR count). The van der Waals surface area contributed by atoms with Gasteiger partial charge in [-0.25, -0.2) is 0 Å². The van der Waals surface area contributed by atoms with E-state index < -0.39 is 0 Å². The first-order valence-corrected chi connectivity index (χ1v) is 7.71. The standard InChI is InChI=1S/C16H22ClN3O/c17-13-4-5-14-15(6-8-20-16(14)9-13)19-7-2-1-3-12(10-18)11-21/h4-6,8-9,12,21H,1-3,7,10-11,18H2,(H,19,20)/t12-/m0/s1. The quantitative estimate of drug-likeness (QED) is 0.656. The van der Waals surface area contributed by atoms with Crippen molar-refractivity contribution in [3.63, 3.8) is 0 Å². The fraction of sp³-hybridized carbons (Fsp3) is 0.438. The Balaban J connectivity index is 1.86. The first-order valence-electron chi connectivity index (χ1n) is 7.33. The summed E-state index contributed by atoms with van der Waals surface area (Å²) in [7, 11) is 0. The van der Waals surface area contributed by atoms with E-state index in [4.69, 9.17) is 22.4 Å². The molecule has 1 aromatic carbocycles. The second-order valence-electron chi connectivity index (χ2n) is 5.23. The molecule has 1 heterocycles. The summed E-state index contributed by atoms with van der Waals surface area (Å²) in [4.78, 5) is 4.33. The van der Waals surface area contributed by atoms with Crippen molar-refractivity contribution in [2.24, 2.45) is 11.7 Å². The van der Waals surface area contributed by atoms with Gasteiger partial charge in [0.1, 0.15) is 0 Å². The van der Waals surface area contributed by atoms with Gasteiger partial charge in [-0.1, -0.05) is 18.0 Å². The minimum atomic E-state index is 0.180. The van der Waals surface area contributed by atoms with Gasteiger partial charge in [-0.3, -0.25) is 4.98 Å². The molecule has 0 aliphatic heterocycles. The van der Waals surface area contributed by atoms with E-state index in [9.17, 15) is 0 Å². The summed E-state index contributed by atoms with van der Waals surface area (Å²) in [5.41, 5.74) is 7.55. The number of nitrogens with one attached hydrogen (secondary N) is 1. The number of hydrogen-bond acceptors (Lipinski definition) is 4. The van der Waals surface area contributed by atoms with Crippen LogP contribution in [0.3, 0.4) is 0 Å². The molecule has 114 valence electrons. The van der Waals surface area contributed by atoms with Gasteiger partial charge < -0.3 is 16.2 Å². The lowest BCUT2D eigenvalue weighted by Crippen LogP contribution is -2.18. The molecular weight excluding hydrogens is 286 g/mol. The molecule has 0 radical (unpaired) electrons. The third-order valence-electron chi connectivity index (χ3n) is 3.65. The van der Waals surface area contributed by atoms with Crippen molar-refractivity contribution in [2.75, 3.05) is 25.0 Å². The van der Waals surface area contributed by atoms with Crippen LogP contribution in [0.2, 0.25) is 5.02 Å². The highest BCUT2D eigenvalue weighted by atomic mass is 35.5. The van der Waals surface area contributed by atoms with Crippen LogP contribution in [0, 0.1) is 5.92 Å². The average molecular weight is 308 g/mol. The second kappa shape index (κ2) is 8.17. The second-order valence-corrected chi connectivity index (χ2v) is 5.66. The van der Waals surface area contributed by atoms with Gasteiger partial charge in [0, 0.05) is 35.4 Å². The molecule has 0 fully saturated rings. The highest BCUT2D eigenvalue weighted by molar-refractivity contribution is 6.31. The monoisotopic (exact) mass is 307 g/mol. The van der Waals surface area contributed by atoms with Gasteiger partial charge in [0.15, 0.2) is 0 Å². The minimum Gasteiger partial charge on any atom is -0.396 e. The maximum Gasteiger partial charge on any atom is 0.0737 e. The third-order valence-corrected chi connectivity index (χ3v) is 3.89. The number of benzene rings is 1. The number of aliphatic hydroxyl groups excluding tert-OH is 1. The summed E-state index contributed by atoms with van der Waals surface area (Å²) in [5, 5.41) is 14.3. The van der Waals surface area contributed by atoms with Crippen molar-refractivity contribution in [1.82, 2.24) is 4.98 Å². The van der Waals surface area contributed by atoms with Gasteiger partial charge in [-0.2, -0.15) is 0 Å². The number of halogens is 1. The van der Waals surface area contributed by atoms with E-state index in [-0.39, 0.29) is 12.5 Å². The first kappa shape index (κ1) is 16.0. The number of pyridine rings is 1. The minimum absolute atomic E-state index is 0.180. The summed E-state index contributed by atoms with van der Waals surface area (Å²) in [5.74, 6) is 0.230. The first-order chi connectivity index (χ1) is 10.2. The Morgan fingerprint density at radius 3 is 2.90 bits per heavy atom. The molecule has 1 atom stereocenters. The van der Waals surface area contributed by atoms with Crippen molar-refractivity contribution >= 4 is 28.2 Å². The molecule has 0 saturated heterocycles. The zero-order chi connectivity index (χ0) is 15.1. The van der Waals surface area contributed by atoms with Crippen LogP contribution in [0.1, 0.15) is 19.3 Å². The lowest BCUT2D eigenvalue weighted by Gasteiger charge is -2.12. The van der Waals surface area contributed by atoms with Gasteiger partial charge in [0.2, 0.25) is 0 Å². The SMILES string of the molecule is NC[C@@H](CO)CCCCNc1ccnc2cc(Cl)ccc12. The number of fused-ring (bicyclic) bond motifs is 1. The lowest BCUT2D eigenvalue weighted by atomic mass is 10.0. The molecule has 0 aliphatic rings. The van der Waals surface area contributed by atoms with Gasteiger partial charge in [0.05, 0.1) is 5.52 Å². The highest BCUT2D eigenvalue weighted by Crippen LogP contribution is 2.24. The van der Waals surface area contributed by atoms with Gasteiger partial charge in [-0.15, -0.1) is 0 Å². The van der Waals surface area contributed by atoms with Crippen LogP contribution in [-0.4, -0.2) is 29.8 Å². The molecule has 0 saturated carbocycles. The Morgan fingerprint density at radius 1 is 1.29 bits per heavy atom. The van der Waals surface area contributed by atoms with E-state index in [1.165, 1.54) is 0 Å². The Hall–Kier alpha value is -1.36. The molecule has 0 amide bonds. The van der Waals surface area contributed by atoms with Crippen LogP contribution in [0.4, 0.5) is 5.69 Å². The summed E-state index contributed by atoms with van der Waals surface area (Å²) < 4.78 is 0. The van der Waals surface area contributed by atoms with E-state index in [1.807, 2.05) is 24.3 Å². The number of anilines is 1. The Kier molecular flexibility index (Phi) is 6.23. The number of nitrogens with zero attached hydrogens (tertiary/aromatic N) is 1. The van der Waals surface area contributed by atoms with E-state index in [0.29, 0.717) is 11.6 Å². The van der Waals surface area contributed by atoms with Gasteiger partial charge in [0.25, 0.3) is 0 Å². The molecule has 4 N–H and O–H groups in total. The van der Waals surface area contributed by atoms with Crippen molar-refractivity contribution in [3.05, 3.63) is 35.5 Å². The van der Waals surface area contributed by atoms with Crippen LogP contribution in [0.25, 0.3) is 10.9 Å². The van der Waals surface area contributed by atoms with Gasteiger partial charge >= 0.3 is 0 Å². The van der Waals surface area contributed by atoms with Gasteiger partial charge in [-0.05, 0) is 49.6 Å². The van der Waals surface area contributed by atoms with Crippen LogP contribution < -0.4 is 11.1 Å². The van der Waals surface area contributed by atoms with Crippen molar-refractivity contribution in [1.29, 1.82) is 0 Å². The number of aromatic nitrogens is 1. The van der Waals surface area contributed by atoms with Crippen LogP contribution in [-0.2, 0) is 0 Å². The number of aliphatic hydroxyl groups is 1. The topological polar surface area (TPSA) is 71.2 Å². The molecule has 5 heteroatoms. The molecule has 21 heavy (non-hydrogen) atoms. The Morgan fingerprint density at radius 2 is 2.14 bits per heavy atom. The fourth-order valence-electron chi connectivity index (χ4n) is 2.34. The molecule has 0 bridgehead atoms. The summed E-state index contributed by atoms with van der Waals surface area (Å²) in [6, 6.07) is 7.72. The summed E-state index contributed by atoms with van der Waals surface area (Å²) in [6.45, 7) is 1.63. The van der Waals surface area contributed by atoms with Crippen molar-refractivity contribution < 1.29 is 5.11 Å². The lowest BCUT2D eigenvalue weighted by molar-refractivity contribution is 0.220. The molecule has 4 nitrogen and oxygen atoms in total. The van der Waals surface area contributed by atoms with Crippen molar-refractivity contribution in [2.45, 2.75) is 19.3 Å². The molecule has 1 aromatic heterocycles. The fourth-order valence-corrected chi connectivity index (χ4v) is 2.51. The van der Waals surface area contributed by atoms with E-state index in [2.05, 4.69) is 10.3 Å². The predicted octanol–water partition coefficient (Wildman–Crippen LogP) is 3.04. The Bertz CT molecular complexity index is 572. The smallest absolute Gasteiger partial charge is 0.0737 e. The maximum atomic E-state index is 9.09. The number of hydrogen-bond donors (Lipinski definition) is 3. The number of nitrogens with two attached hydrogens (primary N) is 1. The van der Waals surface area contributed by atoms with E-state index in [0.717, 1.165) is 42.4 Å².